The Hall–Kier alpha value is -1.60. The Morgan fingerprint density at radius 3 is 2.76 bits per heavy atom. The van der Waals surface area contributed by atoms with Gasteiger partial charge in [-0.1, -0.05) is 15.9 Å². The van der Waals surface area contributed by atoms with Gasteiger partial charge < -0.3 is 10.2 Å². The number of nitrogens with two attached hydrogens (primary N) is 1. The number of carbonyl (C=O) groups excluding carboxylic acids is 1. The van der Waals surface area contributed by atoms with Gasteiger partial charge in [0.1, 0.15) is 0 Å². The maximum Gasteiger partial charge on any atom is 0.421 e. The number of likely N-dealkylation sites (tertiary alicyclic amines) is 1. The van der Waals surface area contributed by atoms with Crippen molar-refractivity contribution in [2.75, 3.05) is 13.1 Å². The van der Waals surface area contributed by atoms with Crippen LogP contribution in [0.5, 0.6) is 0 Å². The van der Waals surface area contributed by atoms with Crippen molar-refractivity contribution >= 4 is 32.9 Å². The smallest absolute Gasteiger partial charge is 0.408 e. The van der Waals surface area contributed by atoms with Crippen LogP contribution in [-0.4, -0.2) is 28.5 Å². The maximum atomic E-state index is 12.0. The second-order valence-electron chi connectivity index (χ2n) is 5.34. The first-order valence-corrected chi connectivity index (χ1v) is 7.64. The summed E-state index contributed by atoms with van der Waals surface area (Å²) in [6.45, 7) is 1.98. The lowest BCUT2D eigenvalue weighted by molar-refractivity contribution is -0.123. The van der Waals surface area contributed by atoms with E-state index in [4.69, 9.17) is 10.2 Å². The lowest BCUT2D eigenvalue weighted by Crippen LogP contribution is -2.40. The fourth-order valence-corrected chi connectivity index (χ4v) is 3.07. The van der Waals surface area contributed by atoms with Crippen molar-refractivity contribution in [3.63, 3.8) is 0 Å². The molecule has 0 aliphatic carbocycles. The number of nitrogens with zero attached hydrogens (tertiary/aromatic N) is 2. The highest BCUT2D eigenvalue weighted by Gasteiger charge is 2.24. The standard InChI is InChI=1S/C14H16BrN3O3/c15-10-1-2-11-12(7-10)21-14(20)18(11)8-17-5-3-9(4-6-17)13(16)19/h1-2,7,9H,3-6,8H2,(H2,16,19). The number of halogens is 1. The van der Waals surface area contributed by atoms with Crippen molar-refractivity contribution in [3.05, 3.63) is 33.2 Å². The first-order chi connectivity index (χ1) is 10.0. The molecule has 1 fully saturated rings. The monoisotopic (exact) mass is 353 g/mol. The Labute approximate surface area is 129 Å². The average Bonchev–Trinajstić information content (AvgIpc) is 2.75. The predicted molar refractivity (Wildman–Crippen MR) is 81.7 cm³/mol. The van der Waals surface area contributed by atoms with Crippen molar-refractivity contribution < 1.29 is 9.21 Å². The third-order valence-electron chi connectivity index (χ3n) is 3.96. The van der Waals surface area contributed by atoms with Crippen molar-refractivity contribution in [1.29, 1.82) is 0 Å². The number of rotatable bonds is 3. The molecule has 6 nitrogen and oxygen atoms in total. The molecule has 1 saturated heterocycles. The normalized spacial score (nSPS) is 17.4. The Morgan fingerprint density at radius 1 is 1.38 bits per heavy atom. The van der Waals surface area contributed by atoms with Crippen LogP contribution in [0.15, 0.2) is 31.9 Å². The minimum absolute atomic E-state index is 0.0463. The fraction of sp³-hybridized carbons (Fsp3) is 0.429. The van der Waals surface area contributed by atoms with Crippen LogP contribution in [0.25, 0.3) is 11.1 Å². The third-order valence-corrected chi connectivity index (χ3v) is 4.45. The third kappa shape index (κ3) is 2.89. The zero-order valence-corrected chi connectivity index (χ0v) is 13.0. The molecule has 1 aromatic carbocycles. The number of carbonyl (C=O) groups is 1. The van der Waals surface area contributed by atoms with E-state index in [1.807, 2.05) is 12.1 Å². The number of oxazole rings is 1. The molecule has 3 rings (SSSR count). The van der Waals surface area contributed by atoms with Gasteiger partial charge in [0.15, 0.2) is 5.58 Å². The van der Waals surface area contributed by atoms with Gasteiger partial charge in [0.25, 0.3) is 0 Å². The summed E-state index contributed by atoms with van der Waals surface area (Å²) < 4.78 is 7.75. The number of piperidine rings is 1. The number of aromatic nitrogens is 1. The molecular formula is C14H16BrN3O3. The molecule has 21 heavy (non-hydrogen) atoms. The second-order valence-corrected chi connectivity index (χ2v) is 6.26. The van der Waals surface area contributed by atoms with E-state index in [9.17, 15) is 9.59 Å². The number of benzene rings is 1. The number of fused-ring (bicyclic) bond motifs is 1. The highest BCUT2D eigenvalue weighted by atomic mass is 79.9. The topological polar surface area (TPSA) is 81.5 Å². The van der Waals surface area contributed by atoms with E-state index in [0.29, 0.717) is 12.3 Å². The van der Waals surface area contributed by atoms with Gasteiger partial charge in [-0.3, -0.25) is 14.3 Å². The molecule has 1 aromatic heterocycles. The van der Waals surface area contributed by atoms with Crippen molar-refractivity contribution in [3.8, 4) is 0 Å². The lowest BCUT2D eigenvalue weighted by Gasteiger charge is -2.30. The zero-order valence-electron chi connectivity index (χ0n) is 11.4. The summed E-state index contributed by atoms with van der Waals surface area (Å²) in [7, 11) is 0. The molecule has 0 radical (unpaired) electrons. The van der Waals surface area contributed by atoms with Crippen molar-refractivity contribution in [2.24, 2.45) is 11.7 Å². The summed E-state index contributed by atoms with van der Waals surface area (Å²) in [6.07, 6.45) is 1.48. The SMILES string of the molecule is NC(=O)C1CCN(Cn2c(=O)oc3cc(Br)ccc32)CC1. The number of amides is 1. The summed E-state index contributed by atoms with van der Waals surface area (Å²) in [5.41, 5.74) is 6.68. The van der Waals surface area contributed by atoms with E-state index in [2.05, 4.69) is 20.8 Å². The second kappa shape index (κ2) is 5.65. The molecule has 0 unspecified atom stereocenters. The summed E-state index contributed by atoms with van der Waals surface area (Å²) in [6, 6.07) is 5.53. The molecular weight excluding hydrogens is 338 g/mol. The lowest BCUT2D eigenvalue weighted by atomic mass is 9.97. The molecule has 2 heterocycles. The van der Waals surface area contributed by atoms with Gasteiger partial charge >= 0.3 is 5.76 Å². The molecule has 0 bridgehead atoms. The van der Waals surface area contributed by atoms with Crippen LogP contribution in [-0.2, 0) is 11.5 Å². The minimum Gasteiger partial charge on any atom is -0.408 e. The first-order valence-electron chi connectivity index (χ1n) is 6.85. The van der Waals surface area contributed by atoms with E-state index in [1.54, 1.807) is 10.6 Å². The molecule has 7 heteroatoms. The van der Waals surface area contributed by atoms with E-state index in [1.165, 1.54) is 0 Å². The highest BCUT2D eigenvalue weighted by molar-refractivity contribution is 9.10. The largest absolute Gasteiger partial charge is 0.421 e. The fourth-order valence-electron chi connectivity index (χ4n) is 2.73. The molecule has 1 amide bonds. The van der Waals surface area contributed by atoms with Crippen LogP contribution in [0.1, 0.15) is 12.8 Å². The molecule has 0 atom stereocenters. The Kier molecular flexibility index (Phi) is 3.86. The van der Waals surface area contributed by atoms with Crippen LogP contribution >= 0.6 is 15.9 Å². The molecule has 1 aliphatic rings. The molecule has 1 aliphatic heterocycles. The van der Waals surface area contributed by atoms with Gasteiger partial charge in [-0.15, -0.1) is 0 Å². The number of hydrogen-bond acceptors (Lipinski definition) is 4. The molecule has 0 saturated carbocycles. The van der Waals surface area contributed by atoms with E-state index >= 15 is 0 Å². The Morgan fingerprint density at radius 2 is 2.10 bits per heavy atom. The Balaban J connectivity index is 1.78. The van der Waals surface area contributed by atoms with Gasteiger partial charge in [0.05, 0.1) is 12.2 Å². The summed E-state index contributed by atoms with van der Waals surface area (Å²) in [5, 5.41) is 0. The zero-order chi connectivity index (χ0) is 15.0. The predicted octanol–water partition coefficient (Wildman–Crippen LogP) is 1.51. The summed E-state index contributed by atoms with van der Waals surface area (Å²) >= 11 is 3.36. The highest BCUT2D eigenvalue weighted by Crippen LogP contribution is 2.21. The number of primary amides is 1. The maximum absolute atomic E-state index is 12.0. The van der Waals surface area contributed by atoms with Gasteiger partial charge in [0, 0.05) is 23.5 Å². The van der Waals surface area contributed by atoms with Crippen LogP contribution in [0, 0.1) is 5.92 Å². The molecule has 112 valence electrons. The first kappa shape index (κ1) is 14.3. The van der Waals surface area contributed by atoms with Gasteiger partial charge in [0.2, 0.25) is 5.91 Å². The van der Waals surface area contributed by atoms with E-state index in [0.717, 1.165) is 35.9 Å². The van der Waals surface area contributed by atoms with Gasteiger partial charge in [-0.05, 0) is 31.0 Å². The van der Waals surface area contributed by atoms with Gasteiger partial charge in [-0.25, -0.2) is 4.79 Å². The number of hydrogen-bond donors (Lipinski definition) is 1. The quantitative estimate of drug-likeness (QED) is 0.906. The van der Waals surface area contributed by atoms with Crippen molar-refractivity contribution in [2.45, 2.75) is 19.5 Å². The van der Waals surface area contributed by atoms with Crippen LogP contribution in [0.2, 0.25) is 0 Å². The van der Waals surface area contributed by atoms with Crippen LogP contribution < -0.4 is 11.5 Å². The van der Waals surface area contributed by atoms with Crippen molar-refractivity contribution in [1.82, 2.24) is 9.47 Å². The summed E-state index contributed by atoms with van der Waals surface area (Å²) in [4.78, 5) is 25.3. The Bertz CT molecular complexity index is 729. The minimum atomic E-state index is -0.361. The average molecular weight is 354 g/mol. The molecule has 2 N–H and O–H groups in total. The molecule has 2 aromatic rings. The molecule has 0 spiro atoms. The van der Waals surface area contributed by atoms with E-state index in [-0.39, 0.29) is 17.6 Å². The van der Waals surface area contributed by atoms with E-state index < -0.39 is 0 Å². The van der Waals surface area contributed by atoms with Crippen LogP contribution in [0.3, 0.4) is 0 Å². The summed E-state index contributed by atoms with van der Waals surface area (Å²) in [5.74, 6) is -0.638. The van der Waals surface area contributed by atoms with Gasteiger partial charge in [-0.2, -0.15) is 0 Å². The van der Waals surface area contributed by atoms with Crippen LogP contribution in [0.4, 0.5) is 0 Å².